The molecule has 0 aromatic carbocycles. The average Bonchev–Trinajstić information content (AvgIpc) is 2.79. The minimum Gasteiger partial charge on any atom is -0.394 e. The zero-order valence-electron chi connectivity index (χ0n) is 17.6. The normalized spacial score (nSPS) is 53.7. The fourth-order valence-electron chi connectivity index (χ4n) is 3.89. The van der Waals surface area contributed by atoms with Crippen molar-refractivity contribution >= 4 is 0 Å². The van der Waals surface area contributed by atoms with E-state index >= 15 is 0 Å². The number of hydrogen-bond donors (Lipinski definition) is 10. The van der Waals surface area contributed by atoms with Gasteiger partial charge in [0.15, 0.2) is 18.9 Å². The van der Waals surface area contributed by atoms with Gasteiger partial charge in [-0.3, -0.25) is 0 Å². The second-order valence-corrected chi connectivity index (χ2v) is 8.36. The van der Waals surface area contributed by atoms with Gasteiger partial charge in [-0.1, -0.05) is 0 Å². The van der Waals surface area contributed by atoms with Crippen LogP contribution >= 0.6 is 0 Å². The summed E-state index contributed by atoms with van der Waals surface area (Å²) in [5, 5.41) is 99.6. The van der Waals surface area contributed by atoms with Gasteiger partial charge < -0.3 is 74.7 Å². The van der Waals surface area contributed by atoms with Gasteiger partial charge in [0.25, 0.3) is 0 Å². The highest BCUT2D eigenvalue weighted by molar-refractivity contribution is 4.94. The predicted molar refractivity (Wildman–Crippen MR) is 99.8 cm³/mol. The van der Waals surface area contributed by atoms with Crippen LogP contribution in [-0.2, 0) is 23.7 Å². The van der Waals surface area contributed by atoms with E-state index in [9.17, 15) is 51.1 Å². The maximum Gasteiger partial charge on any atom is 0.187 e. The lowest BCUT2D eigenvalue weighted by Crippen LogP contribution is -2.65. The van der Waals surface area contributed by atoms with Crippen LogP contribution in [0.1, 0.15) is 6.92 Å². The Labute approximate surface area is 187 Å². The lowest BCUT2D eigenvalue weighted by Gasteiger charge is -2.45. The van der Waals surface area contributed by atoms with E-state index in [-0.39, 0.29) is 0 Å². The SMILES string of the molecule is C[C@@H]1O[C@H](OC[C@H]2OC(O)[C@H](O)[C@@H](O[C@H]3O[C@H](CO)[C@@H](O)[C@H](O)[C@H]3O)[C@@H]2O)[C@@H](O)[C@H](O)[C@@H]1O. The Balaban J connectivity index is 1.65. The Morgan fingerprint density at radius 3 is 1.85 bits per heavy atom. The molecule has 33 heavy (non-hydrogen) atoms. The molecule has 10 N–H and O–H groups in total. The second kappa shape index (κ2) is 11.0. The van der Waals surface area contributed by atoms with E-state index in [0.717, 1.165) is 0 Å². The standard InChI is InChI=1S/C18H32O15/c1-4-7(20)10(23)12(25)17(30-4)29-3-6-9(22)15(14(27)16(28)31-6)33-18-13(26)11(24)8(21)5(2-19)32-18/h4-28H,2-3H2,1H3/t4-,5+,6+,7+,8+,9+,10+,11-,12-,13+,14+,15-,16?,17-,18+/m0/s1. The highest BCUT2D eigenvalue weighted by Crippen LogP contribution is 2.29. The number of hydrogen-bond acceptors (Lipinski definition) is 15. The van der Waals surface area contributed by atoms with Crippen molar-refractivity contribution in [1.29, 1.82) is 0 Å². The van der Waals surface area contributed by atoms with Gasteiger partial charge in [0.2, 0.25) is 0 Å². The first-order chi connectivity index (χ1) is 15.5. The molecule has 0 radical (unpaired) electrons. The van der Waals surface area contributed by atoms with Gasteiger partial charge in [-0.25, -0.2) is 0 Å². The molecule has 1 unspecified atom stereocenters. The van der Waals surface area contributed by atoms with Crippen molar-refractivity contribution in [3.05, 3.63) is 0 Å². The summed E-state index contributed by atoms with van der Waals surface area (Å²) in [6, 6.07) is 0. The molecule has 3 rings (SSSR count). The minimum atomic E-state index is -1.89. The van der Waals surface area contributed by atoms with Crippen LogP contribution in [0.25, 0.3) is 0 Å². The maximum absolute atomic E-state index is 10.6. The molecule has 15 nitrogen and oxygen atoms in total. The lowest BCUT2D eigenvalue weighted by molar-refractivity contribution is -0.361. The van der Waals surface area contributed by atoms with Crippen LogP contribution in [-0.4, -0.2) is 156 Å². The van der Waals surface area contributed by atoms with E-state index in [1.807, 2.05) is 0 Å². The van der Waals surface area contributed by atoms with Crippen molar-refractivity contribution in [1.82, 2.24) is 0 Å². The Bertz CT molecular complexity index is 624. The molecule has 0 spiro atoms. The third-order valence-electron chi connectivity index (χ3n) is 6.03. The lowest BCUT2D eigenvalue weighted by atomic mass is 9.97. The Morgan fingerprint density at radius 1 is 0.606 bits per heavy atom. The number of aliphatic hydroxyl groups is 10. The molecule has 3 heterocycles. The molecule has 194 valence electrons. The van der Waals surface area contributed by atoms with E-state index in [1.54, 1.807) is 0 Å². The summed E-state index contributed by atoms with van der Waals surface area (Å²) in [6.07, 6.45) is -23.6. The van der Waals surface area contributed by atoms with Gasteiger partial charge in [0, 0.05) is 0 Å². The molecule has 0 aliphatic carbocycles. The molecule has 0 bridgehead atoms. The van der Waals surface area contributed by atoms with E-state index in [2.05, 4.69) is 0 Å². The van der Waals surface area contributed by atoms with Gasteiger partial charge in [-0.05, 0) is 6.92 Å². The minimum absolute atomic E-state index is 0.531. The first kappa shape index (κ1) is 27.0. The number of ether oxygens (including phenoxy) is 5. The molecule has 0 aromatic rings. The quantitative estimate of drug-likeness (QED) is 0.167. The molecule has 15 atom stereocenters. The number of rotatable bonds is 6. The van der Waals surface area contributed by atoms with E-state index in [0.29, 0.717) is 0 Å². The predicted octanol–water partition coefficient (Wildman–Crippen LogP) is -6.55. The van der Waals surface area contributed by atoms with Crippen molar-refractivity contribution in [3.8, 4) is 0 Å². The Kier molecular flexibility index (Phi) is 8.99. The summed E-state index contributed by atoms with van der Waals surface area (Å²) in [6.45, 7) is 0.175. The fraction of sp³-hybridized carbons (Fsp3) is 1.00. The first-order valence-electron chi connectivity index (χ1n) is 10.4. The van der Waals surface area contributed by atoms with Crippen LogP contribution in [0.15, 0.2) is 0 Å². The Hall–Kier alpha value is -0.600. The molecule has 3 aliphatic heterocycles. The zero-order chi connectivity index (χ0) is 24.6. The summed E-state index contributed by atoms with van der Waals surface area (Å²) in [5.41, 5.74) is 0. The zero-order valence-corrected chi connectivity index (χ0v) is 17.6. The molecule has 15 heteroatoms. The van der Waals surface area contributed by atoms with Crippen LogP contribution in [0.4, 0.5) is 0 Å². The molecular formula is C18H32O15. The van der Waals surface area contributed by atoms with E-state index in [1.165, 1.54) is 6.92 Å². The maximum atomic E-state index is 10.6. The van der Waals surface area contributed by atoms with Gasteiger partial charge in [-0.2, -0.15) is 0 Å². The topological polar surface area (TPSA) is 248 Å². The van der Waals surface area contributed by atoms with E-state index < -0.39 is 105 Å². The third kappa shape index (κ3) is 5.48. The van der Waals surface area contributed by atoms with Crippen LogP contribution < -0.4 is 0 Å². The second-order valence-electron chi connectivity index (χ2n) is 8.36. The number of aliphatic hydroxyl groups excluding tert-OH is 10. The largest absolute Gasteiger partial charge is 0.394 e. The van der Waals surface area contributed by atoms with Crippen LogP contribution in [0, 0.1) is 0 Å². The highest BCUT2D eigenvalue weighted by atomic mass is 16.7. The van der Waals surface area contributed by atoms with E-state index in [4.69, 9.17) is 23.7 Å². The van der Waals surface area contributed by atoms with Crippen LogP contribution in [0.2, 0.25) is 0 Å². The monoisotopic (exact) mass is 488 g/mol. The highest BCUT2D eigenvalue weighted by Gasteiger charge is 2.51. The van der Waals surface area contributed by atoms with Crippen LogP contribution in [0.5, 0.6) is 0 Å². The van der Waals surface area contributed by atoms with Crippen molar-refractivity contribution < 1.29 is 74.7 Å². The summed E-state index contributed by atoms with van der Waals surface area (Å²) in [7, 11) is 0. The van der Waals surface area contributed by atoms with Crippen molar-refractivity contribution in [3.63, 3.8) is 0 Å². The summed E-state index contributed by atoms with van der Waals surface area (Å²) >= 11 is 0. The summed E-state index contributed by atoms with van der Waals surface area (Å²) in [5.74, 6) is 0. The molecule has 0 aromatic heterocycles. The third-order valence-corrected chi connectivity index (χ3v) is 6.03. The van der Waals surface area contributed by atoms with Crippen LogP contribution in [0.3, 0.4) is 0 Å². The molecule has 0 amide bonds. The van der Waals surface area contributed by atoms with Crippen molar-refractivity contribution in [2.24, 2.45) is 0 Å². The average molecular weight is 488 g/mol. The summed E-state index contributed by atoms with van der Waals surface area (Å²) in [4.78, 5) is 0. The fourth-order valence-corrected chi connectivity index (χ4v) is 3.89. The van der Waals surface area contributed by atoms with Gasteiger partial charge >= 0.3 is 0 Å². The molecular weight excluding hydrogens is 456 g/mol. The molecule has 3 fully saturated rings. The molecule has 3 aliphatic rings. The van der Waals surface area contributed by atoms with Gasteiger partial charge in [0.05, 0.1) is 19.3 Å². The smallest absolute Gasteiger partial charge is 0.187 e. The first-order valence-corrected chi connectivity index (χ1v) is 10.4. The molecule has 3 saturated heterocycles. The summed E-state index contributed by atoms with van der Waals surface area (Å²) < 4.78 is 26.3. The molecule has 0 saturated carbocycles. The Morgan fingerprint density at radius 2 is 1.21 bits per heavy atom. The van der Waals surface area contributed by atoms with Gasteiger partial charge in [-0.15, -0.1) is 0 Å². The van der Waals surface area contributed by atoms with Crippen molar-refractivity contribution in [2.45, 2.75) is 99.0 Å². The van der Waals surface area contributed by atoms with Gasteiger partial charge in [0.1, 0.15) is 67.1 Å². The van der Waals surface area contributed by atoms with Crippen molar-refractivity contribution in [2.75, 3.05) is 13.2 Å².